The van der Waals surface area contributed by atoms with Crippen molar-refractivity contribution in [2.24, 2.45) is 5.92 Å². The van der Waals surface area contributed by atoms with Crippen molar-refractivity contribution < 1.29 is 45.5 Å². The number of carbonyl (C=O) groups is 3. The van der Waals surface area contributed by atoms with Crippen LogP contribution in [-0.4, -0.2) is 35.9 Å². The number of alkyl halides is 6. The number of nitrogens with zero attached hydrogens (tertiary/aromatic N) is 1. The molecule has 1 atom stereocenters. The number of nitrogens with one attached hydrogen (secondary N) is 1. The van der Waals surface area contributed by atoms with E-state index in [-0.39, 0.29) is 17.5 Å². The molecule has 1 aromatic rings. The van der Waals surface area contributed by atoms with Gasteiger partial charge in [-0.3, -0.25) is 14.4 Å². The highest BCUT2D eigenvalue weighted by Crippen LogP contribution is 2.29. The second kappa shape index (κ2) is 8.18. The van der Waals surface area contributed by atoms with Gasteiger partial charge in [0.2, 0.25) is 5.91 Å². The van der Waals surface area contributed by atoms with Gasteiger partial charge < -0.3 is 10.1 Å². The molecule has 1 N–H and O–H groups in total. The van der Waals surface area contributed by atoms with Crippen molar-refractivity contribution in [3.63, 3.8) is 0 Å². The Hall–Kier alpha value is -2.92. The van der Waals surface area contributed by atoms with Crippen LogP contribution in [0.2, 0.25) is 0 Å². The molecule has 148 valence electrons. The third-order valence-electron chi connectivity index (χ3n) is 3.09. The van der Waals surface area contributed by atoms with Crippen molar-refractivity contribution in [1.82, 2.24) is 4.98 Å². The van der Waals surface area contributed by atoms with Crippen molar-refractivity contribution in [3.05, 3.63) is 35.7 Å². The molecule has 0 aliphatic carbocycles. The van der Waals surface area contributed by atoms with Crippen molar-refractivity contribution in [3.8, 4) is 0 Å². The lowest BCUT2D eigenvalue weighted by Gasteiger charge is -2.14. The molecular formula is C15H12F6N2O4. The zero-order valence-electron chi connectivity index (χ0n) is 13.7. The Morgan fingerprint density at radius 3 is 2.19 bits per heavy atom. The van der Waals surface area contributed by atoms with E-state index in [4.69, 9.17) is 0 Å². The number of halogens is 6. The summed E-state index contributed by atoms with van der Waals surface area (Å²) in [6, 6.07) is 1.43. The highest BCUT2D eigenvalue weighted by molar-refractivity contribution is 6.07. The van der Waals surface area contributed by atoms with E-state index in [0.717, 1.165) is 20.1 Å². The summed E-state index contributed by atoms with van der Waals surface area (Å²) < 4.78 is 78.6. The van der Waals surface area contributed by atoms with Gasteiger partial charge in [-0.15, -0.1) is 0 Å². The topological polar surface area (TPSA) is 85.4 Å². The molecule has 1 amide bonds. The molecule has 0 saturated carbocycles. The average Bonchev–Trinajstić information content (AvgIpc) is 2.54. The molecule has 27 heavy (non-hydrogen) atoms. The second-order valence-electron chi connectivity index (χ2n) is 5.04. The van der Waals surface area contributed by atoms with Gasteiger partial charge in [0.1, 0.15) is 5.69 Å². The van der Waals surface area contributed by atoms with E-state index in [9.17, 15) is 40.7 Å². The van der Waals surface area contributed by atoms with Crippen LogP contribution in [0, 0.1) is 12.8 Å². The number of allylic oxidation sites excluding steroid dienone is 1. The number of esters is 1. The van der Waals surface area contributed by atoms with Crippen molar-refractivity contribution in [1.29, 1.82) is 0 Å². The van der Waals surface area contributed by atoms with Gasteiger partial charge in [0.15, 0.2) is 5.92 Å². The summed E-state index contributed by atoms with van der Waals surface area (Å²) >= 11 is 0. The quantitative estimate of drug-likeness (QED) is 0.357. The van der Waals surface area contributed by atoms with E-state index >= 15 is 0 Å². The molecule has 0 spiro atoms. The lowest BCUT2D eigenvalue weighted by Crippen LogP contribution is -2.30. The first-order valence-electron chi connectivity index (χ1n) is 7.00. The lowest BCUT2D eigenvalue weighted by molar-refractivity contribution is -0.165. The van der Waals surface area contributed by atoms with Crippen LogP contribution in [0.5, 0.6) is 0 Å². The molecule has 0 aliphatic heterocycles. The summed E-state index contributed by atoms with van der Waals surface area (Å²) in [5.74, 6) is -6.76. The van der Waals surface area contributed by atoms with Gasteiger partial charge >= 0.3 is 18.3 Å². The first-order chi connectivity index (χ1) is 12.3. The predicted molar refractivity (Wildman–Crippen MR) is 78.3 cm³/mol. The number of pyridine rings is 1. The number of amides is 1. The van der Waals surface area contributed by atoms with E-state index in [0.29, 0.717) is 12.1 Å². The zero-order chi connectivity index (χ0) is 21.0. The molecule has 0 bridgehead atoms. The smallest absolute Gasteiger partial charge is 0.454 e. The summed E-state index contributed by atoms with van der Waals surface area (Å²) in [5.41, 5.74) is -1.69. The fourth-order valence-electron chi connectivity index (χ4n) is 1.74. The highest BCUT2D eigenvalue weighted by atomic mass is 19.4. The van der Waals surface area contributed by atoms with Crippen molar-refractivity contribution in [2.45, 2.75) is 19.3 Å². The number of rotatable bonds is 5. The van der Waals surface area contributed by atoms with Crippen LogP contribution in [0.1, 0.15) is 11.4 Å². The number of carbonyl (C=O) groups excluding carboxylic acids is 3. The van der Waals surface area contributed by atoms with Gasteiger partial charge in [0.25, 0.3) is 5.78 Å². The fraction of sp³-hybridized carbons (Fsp3) is 0.333. The molecule has 1 unspecified atom stereocenters. The van der Waals surface area contributed by atoms with Gasteiger partial charge in [-0.2, -0.15) is 26.3 Å². The Morgan fingerprint density at radius 2 is 1.74 bits per heavy atom. The molecule has 0 aromatic carbocycles. The number of hydrogen-bond acceptors (Lipinski definition) is 5. The Bertz CT molecular complexity index is 771. The summed E-state index contributed by atoms with van der Waals surface area (Å²) in [5, 5.41) is 2.05. The molecule has 12 heteroatoms. The number of hydrogen-bond donors (Lipinski definition) is 1. The van der Waals surface area contributed by atoms with E-state index in [1.807, 2.05) is 0 Å². The fourth-order valence-corrected chi connectivity index (χ4v) is 1.74. The first kappa shape index (κ1) is 22.1. The molecule has 0 fully saturated rings. The largest absolute Gasteiger partial charge is 0.468 e. The van der Waals surface area contributed by atoms with Gasteiger partial charge in [0.05, 0.1) is 18.5 Å². The molecule has 1 aromatic heterocycles. The standard InChI is InChI=1S/C15H12F6N2O4/c1-7-9(4-5-10(22-7)14(16,17)18)23-12(25)8(13(26)27-2)3-6-11(24)15(19,20)21/h3-6,8H,1-2H3,(H,23,25)/b6-3-. The monoisotopic (exact) mass is 398 g/mol. The zero-order valence-corrected chi connectivity index (χ0v) is 13.7. The normalized spacial score (nSPS) is 13.3. The minimum Gasteiger partial charge on any atom is -0.468 e. The molecule has 0 saturated heterocycles. The predicted octanol–water partition coefficient (Wildman–Crippen LogP) is 2.82. The van der Waals surface area contributed by atoms with Gasteiger partial charge in [-0.1, -0.05) is 6.08 Å². The van der Waals surface area contributed by atoms with Crippen LogP contribution >= 0.6 is 0 Å². The maximum Gasteiger partial charge on any atom is 0.454 e. The Balaban J connectivity index is 3.06. The maximum atomic E-state index is 12.6. The Morgan fingerprint density at radius 1 is 1.15 bits per heavy atom. The van der Waals surface area contributed by atoms with E-state index < -0.39 is 41.6 Å². The third kappa shape index (κ3) is 6.08. The molecular weight excluding hydrogens is 386 g/mol. The van der Waals surface area contributed by atoms with Crippen molar-refractivity contribution >= 4 is 23.3 Å². The molecule has 0 aliphatic rings. The maximum absolute atomic E-state index is 12.6. The van der Waals surface area contributed by atoms with Crippen LogP contribution < -0.4 is 5.32 Å². The van der Waals surface area contributed by atoms with Crippen LogP contribution in [0.25, 0.3) is 0 Å². The number of ether oxygens (including phenoxy) is 1. The van der Waals surface area contributed by atoms with E-state index in [1.165, 1.54) is 0 Å². The van der Waals surface area contributed by atoms with E-state index in [2.05, 4.69) is 15.0 Å². The number of aryl methyl sites for hydroxylation is 1. The molecule has 0 radical (unpaired) electrons. The number of methoxy groups -OCH3 is 1. The summed E-state index contributed by atoms with van der Waals surface area (Å²) in [7, 11) is 0.854. The highest BCUT2D eigenvalue weighted by Gasteiger charge is 2.37. The SMILES string of the molecule is COC(=O)C(/C=C\C(=O)C(F)(F)F)C(=O)Nc1ccc(C(F)(F)F)nc1C. The third-order valence-corrected chi connectivity index (χ3v) is 3.09. The summed E-state index contributed by atoms with van der Waals surface area (Å²) in [6.07, 6.45) is -9.56. The van der Waals surface area contributed by atoms with Crippen LogP contribution in [0.15, 0.2) is 24.3 Å². The summed E-state index contributed by atoms with van der Waals surface area (Å²) in [6.45, 7) is 1.14. The van der Waals surface area contributed by atoms with Gasteiger partial charge in [-0.25, -0.2) is 4.98 Å². The lowest BCUT2D eigenvalue weighted by atomic mass is 10.1. The minimum atomic E-state index is -5.21. The van der Waals surface area contributed by atoms with Gasteiger partial charge in [0, 0.05) is 0 Å². The molecule has 1 rings (SSSR count). The number of aromatic nitrogens is 1. The van der Waals surface area contributed by atoms with Crippen molar-refractivity contribution in [2.75, 3.05) is 12.4 Å². The van der Waals surface area contributed by atoms with Crippen LogP contribution in [0.4, 0.5) is 32.0 Å². The molecule has 6 nitrogen and oxygen atoms in total. The minimum absolute atomic E-state index is 0.0149. The second-order valence-corrected chi connectivity index (χ2v) is 5.04. The van der Waals surface area contributed by atoms with E-state index in [1.54, 1.807) is 0 Å². The number of ketones is 1. The van der Waals surface area contributed by atoms with Crippen LogP contribution in [0.3, 0.4) is 0 Å². The van der Waals surface area contributed by atoms with Gasteiger partial charge in [-0.05, 0) is 25.1 Å². The summed E-state index contributed by atoms with van der Waals surface area (Å²) in [4.78, 5) is 37.8. The Kier molecular flexibility index (Phi) is 6.71. The molecule has 1 heterocycles. The number of anilines is 1. The average molecular weight is 398 g/mol. The van der Waals surface area contributed by atoms with Crippen LogP contribution in [-0.2, 0) is 25.3 Å². The Labute approximate surface area is 148 Å². The first-order valence-corrected chi connectivity index (χ1v) is 7.00.